The van der Waals surface area contributed by atoms with Crippen LogP contribution in [-0.4, -0.2) is 0 Å². The van der Waals surface area contributed by atoms with Gasteiger partial charge in [-0.3, -0.25) is 0 Å². The van der Waals surface area contributed by atoms with Crippen LogP contribution < -0.4 is 4.74 Å². The van der Waals surface area contributed by atoms with E-state index < -0.39 is 11.6 Å². The number of aryl methyl sites for hydroxylation is 1. The van der Waals surface area contributed by atoms with Gasteiger partial charge in [-0.15, -0.1) is 0 Å². The second kappa shape index (κ2) is 11.1. The highest BCUT2D eigenvalue weighted by Crippen LogP contribution is 2.39. The van der Waals surface area contributed by atoms with Gasteiger partial charge in [0, 0.05) is 11.1 Å². The van der Waals surface area contributed by atoms with Gasteiger partial charge in [-0.2, -0.15) is 0 Å². The quantitative estimate of drug-likeness (QED) is 0.322. The zero-order chi connectivity index (χ0) is 24.1. The van der Waals surface area contributed by atoms with Crippen LogP contribution in [0.2, 0.25) is 0 Å². The first-order chi connectivity index (χ1) is 16.5. The lowest BCUT2D eigenvalue weighted by Crippen LogP contribution is -2.14. The third-order valence-electron chi connectivity index (χ3n) is 7.19. The van der Waals surface area contributed by atoms with Crippen LogP contribution in [0.25, 0.3) is 11.1 Å². The van der Waals surface area contributed by atoms with Gasteiger partial charge in [0.2, 0.25) is 0 Å². The highest BCUT2D eigenvalue weighted by atomic mass is 19.2. The van der Waals surface area contributed by atoms with Crippen LogP contribution in [0.4, 0.5) is 13.2 Å². The molecule has 0 spiro atoms. The molecule has 1 fully saturated rings. The molecule has 0 amide bonds. The lowest BCUT2D eigenvalue weighted by Gasteiger charge is -2.28. The van der Waals surface area contributed by atoms with E-state index in [4.69, 9.17) is 4.74 Å². The van der Waals surface area contributed by atoms with Crippen molar-refractivity contribution in [1.29, 1.82) is 0 Å². The van der Waals surface area contributed by atoms with E-state index in [0.29, 0.717) is 28.4 Å². The van der Waals surface area contributed by atoms with Crippen LogP contribution in [0.5, 0.6) is 5.75 Å². The Morgan fingerprint density at radius 2 is 1.56 bits per heavy atom. The Hall–Kier alpha value is -2.75. The van der Waals surface area contributed by atoms with Crippen molar-refractivity contribution < 1.29 is 17.9 Å². The third kappa shape index (κ3) is 5.48. The lowest BCUT2D eigenvalue weighted by atomic mass is 9.77. The molecule has 4 rings (SSSR count). The normalized spacial score (nSPS) is 18.1. The third-order valence-corrected chi connectivity index (χ3v) is 7.19. The maximum Gasteiger partial charge on any atom is 0.166 e. The molecule has 3 aromatic rings. The van der Waals surface area contributed by atoms with Crippen molar-refractivity contribution in [2.75, 3.05) is 0 Å². The molecule has 0 heterocycles. The van der Waals surface area contributed by atoms with Gasteiger partial charge in [0.1, 0.15) is 18.2 Å². The smallest absolute Gasteiger partial charge is 0.166 e. The summed E-state index contributed by atoms with van der Waals surface area (Å²) in [7, 11) is 0. The molecule has 4 heteroatoms. The monoisotopic (exact) mass is 466 g/mol. The standard InChI is InChI=1S/C30H33F3O/c1-3-5-21-8-11-24(28(31)18-21)19-34-25-14-12-23(13-15-25)27-17-16-26(29(32)30(27)33)22-9-6-20(4-2)7-10-22/h8,11-18,20,22H,3-7,9-10,19H2,1-2H3. The minimum Gasteiger partial charge on any atom is -0.489 e. The SMILES string of the molecule is CCCc1ccc(COc2ccc(-c3ccc(C4CCC(CC)CC4)c(F)c3F)cc2)c(F)c1. The van der Waals surface area contributed by atoms with Gasteiger partial charge in [0.25, 0.3) is 0 Å². The second-order valence-corrected chi connectivity index (χ2v) is 9.45. The van der Waals surface area contributed by atoms with Gasteiger partial charge in [-0.05, 0) is 78.8 Å². The van der Waals surface area contributed by atoms with Gasteiger partial charge >= 0.3 is 0 Å². The topological polar surface area (TPSA) is 9.23 Å². The summed E-state index contributed by atoms with van der Waals surface area (Å²) in [4.78, 5) is 0. The first-order valence-electron chi connectivity index (χ1n) is 12.5. The van der Waals surface area contributed by atoms with E-state index in [0.717, 1.165) is 50.5 Å². The van der Waals surface area contributed by atoms with Gasteiger partial charge in [0.05, 0.1) is 0 Å². The van der Waals surface area contributed by atoms with Crippen LogP contribution in [0, 0.1) is 23.4 Å². The maximum atomic E-state index is 15.0. The van der Waals surface area contributed by atoms with E-state index in [1.165, 1.54) is 0 Å². The minimum absolute atomic E-state index is 0.0959. The maximum absolute atomic E-state index is 15.0. The largest absolute Gasteiger partial charge is 0.489 e. The molecule has 0 atom stereocenters. The number of hydrogen-bond donors (Lipinski definition) is 0. The van der Waals surface area contributed by atoms with Crippen LogP contribution in [0.1, 0.15) is 75.0 Å². The van der Waals surface area contributed by atoms with E-state index in [1.807, 2.05) is 6.07 Å². The summed E-state index contributed by atoms with van der Waals surface area (Å²) < 4.78 is 50.0. The van der Waals surface area contributed by atoms with Crippen molar-refractivity contribution in [3.63, 3.8) is 0 Å². The van der Waals surface area contributed by atoms with Gasteiger partial charge in [0.15, 0.2) is 11.6 Å². The Bertz CT molecular complexity index is 1100. The van der Waals surface area contributed by atoms with E-state index >= 15 is 0 Å². The fraction of sp³-hybridized carbons (Fsp3) is 0.400. The Kier molecular flexibility index (Phi) is 7.97. The Morgan fingerprint density at radius 1 is 0.824 bits per heavy atom. The van der Waals surface area contributed by atoms with Crippen LogP contribution in [-0.2, 0) is 13.0 Å². The highest BCUT2D eigenvalue weighted by Gasteiger charge is 2.26. The summed E-state index contributed by atoms with van der Waals surface area (Å²) in [5.41, 5.74) is 2.79. The number of rotatable bonds is 8. The molecule has 1 aliphatic rings. The average Bonchev–Trinajstić information content (AvgIpc) is 2.86. The van der Waals surface area contributed by atoms with Gasteiger partial charge in [-0.1, -0.05) is 63.1 Å². The predicted molar refractivity (Wildman–Crippen MR) is 132 cm³/mol. The second-order valence-electron chi connectivity index (χ2n) is 9.45. The molecular formula is C30H33F3O. The van der Waals surface area contributed by atoms with Crippen LogP contribution in [0.15, 0.2) is 54.6 Å². The molecule has 1 nitrogen and oxygen atoms in total. The summed E-state index contributed by atoms with van der Waals surface area (Å²) in [5, 5.41) is 0. The Balaban J connectivity index is 1.43. The van der Waals surface area contributed by atoms with Crippen molar-refractivity contribution in [3.05, 3.63) is 88.7 Å². The molecule has 1 aliphatic carbocycles. The fourth-order valence-corrected chi connectivity index (χ4v) is 5.03. The van der Waals surface area contributed by atoms with Crippen LogP contribution in [0.3, 0.4) is 0 Å². The average molecular weight is 467 g/mol. The highest BCUT2D eigenvalue weighted by molar-refractivity contribution is 5.65. The first kappa shape index (κ1) is 24.4. The zero-order valence-electron chi connectivity index (χ0n) is 20.0. The summed E-state index contributed by atoms with van der Waals surface area (Å²) in [6.07, 6.45) is 6.97. The van der Waals surface area contributed by atoms with Crippen molar-refractivity contribution in [2.24, 2.45) is 5.92 Å². The van der Waals surface area contributed by atoms with E-state index in [-0.39, 0.29) is 23.9 Å². The van der Waals surface area contributed by atoms with Crippen molar-refractivity contribution in [3.8, 4) is 16.9 Å². The lowest BCUT2D eigenvalue weighted by molar-refractivity contribution is 0.300. The van der Waals surface area contributed by atoms with E-state index in [9.17, 15) is 13.2 Å². The molecule has 3 aromatic carbocycles. The Labute approximate surface area is 201 Å². The molecule has 0 N–H and O–H groups in total. The number of hydrogen-bond acceptors (Lipinski definition) is 1. The molecule has 0 unspecified atom stereocenters. The fourth-order valence-electron chi connectivity index (χ4n) is 5.03. The molecule has 0 radical (unpaired) electrons. The van der Waals surface area contributed by atoms with Crippen molar-refractivity contribution in [1.82, 2.24) is 0 Å². The molecule has 0 aromatic heterocycles. The number of ether oxygens (including phenoxy) is 1. The van der Waals surface area contributed by atoms with E-state index in [2.05, 4.69) is 13.8 Å². The van der Waals surface area contributed by atoms with Gasteiger partial charge < -0.3 is 4.74 Å². The molecule has 180 valence electrons. The number of benzene rings is 3. The van der Waals surface area contributed by atoms with E-state index in [1.54, 1.807) is 48.5 Å². The molecule has 1 saturated carbocycles. The predicted octanol–water partition coefficient (Wildman–Crippen LogP) is 8.99. The Morgan fingerprint density at radius 3 is 2.21 bits per heavy atom. The molecule has 0 aliphatic heterocycles. The summed E-state index contributed by atoms with van der Waals surface area (Å²) >= 11 is 0. The van der Waals surface area contributed by atoms with Crippen LogP contribution >= 0.6 is 0 Å². The van der Waals surface area contributed by atoms with Crippen molar-refractivity contribution >= 4 is 0 Å². The molecular weight excluding hydrogens is 433 g/mol. The number of halogens is 3. The summed E-state index contributed by atoms with van der Waals surface area (Å²) in [6.45, 7) is 4.36. The molecule has 0 saturated heterocycles. The summed E-state index contributed by atoms with van der Waals surface area (Å²) in [6, 6.07) is 15.5. The molecule has 34 heavy (non-hydrogen) atoms. The van der Waals surface area contributed by atoms with Gasteiger partial charge in [-0.25, -0.2) is 13.2 Å². The summed E-state index contributed by atoms with van der Waals surface area (Å²) in [5.74, 6) is -0.438. The van der Waals surface area contributed by atoms with Crippen molar-refractivity contribution in [2.45, 2.75) is 71.3 Å². The first-order valence-corrected chi connectivity index (χ1v) is 12.5. The zero-order valence-corrected chi connectivity index (χ0v) is 20.0. The molecule has 0 bridgehead atoms. The minimum atomic E-state index is -0.793.